The molecule has 0 saturated heterocycles. The van der Waals surface area contributed by atoms with E-state index in [0.717, 1.165) is 13.1 Å². The predicted molar refractivity (Wildman–Crippen MR) is 91.2 cm³/mol. The van der Waals surface area contributed by atoms with E-state index in [4.69, 9.17) is 0 Å². The van der Waals surface area contributed by atoms with E-state index in [9.17, 15) is 4.79 Å². The van der Waals surface area contributed by atoms with Gasteiger partial charge >= 0.3 is 6.03 Å². The number of rotatable bonds is 7. The Morgan fingerprint density at radius 3 is 2.59 bits per heavy atom. The third-order valence-electron chi connectivity index (χ3n) is 3.55. The second kappa shape index (κ2) is 8.51. The fourth-order valence-corrected chi connectivity index (χ4v) is 2.94. The van der Waals surface area contributed by atoms with Crippen LogP contribution in [0.2, 0.25) is 0 Å². The van der Waals surface area contributed by atoms with E-state index in [1.807, 2.05) is 23.6 Å². The number of carbonyl (C=O) groups is 1. The third kappa shape index (κ3) is 4.54. The molecule has 22 heavy (non-hydrogen) atoms. The molecule has 0 fully saturated rings. The minimum Gasteiger partial charge on any atom is -0.336 e. The summed E-state index contributed by atoms with van der Waals surface area (Å²) >= 11 is 1.40. The average molecular weight is 318 g/mol. The Labute approximate surface area is 135 Å². The van der Waals surface area contributed by atoms with E-state index >= 15 is 0 Å². The molecule has 2 amide bonds. The number of urea groups is 1. The second-order valence-electron chi connectivity index (χ2n) is 4.82. The molecular weight excluding hydrogens is 296 g/mol. The molecule has 0 aliphatic carbocycles. The molecule has 1 aromatic carbocycles. The number of hydrogen-bond donors (Lipinski definition) is 2. The van der Waals surface area contributed by atoms with Crippen molar-refractivity contribution in [3.63, 3.8) is 0 Å². The maximum Gasteiger partial charge on any atom is 0.321 e. The number of nitrogens with zero attached hydrogens (tertiary/aromatic N) is 2. The Morgan fingerprint density at radius 2 is 2.00 bits per heavy atom. The molecule has 1 heterocycles. The van der Waals surface area contributed by atoms with Gasteiger partial charge < -0.3 is 5.32 Å². The van der Waals surface area contributed by atoms with Crippen LogP contribution < -0.4 is 10.6 Å². The monoisotopic (exact) mass is 318 g/mol. The minimum atomic E-state index is -0.219. The molecule has 2 rings (SSSR count). The summed E-state index contributed by atoms with van der Waals surface area (Å²) in [5.41, 5.74) is 1.21. The Hall–Kier alpha value is -1.92. The fraction of sp³-hybridized carbons (Fsp3) is 0.375. The molecular formula is C16H22N4OS. The molecule has 0 aliphatic rings. The quantitative estimate of drug-likeness (QED) is 0.823. The van der Waals surface area contributed by atoms with Gasteiger partial charge in [0.05, 0.1) is 6.04 Å². The van der Waals surface area contributed by atoms with E-state index in [1.165, 1.54) is 16.9 Å². The zero-order chi connectivity index (χ0) is 15.8. The molecule has 5 nitrogen and oxygen atoms in total. The van der Waals surface area contributed by atoms with Gasteiger partial charge in [0.25, 0.3) is 0 Å². The van der Waals surface area contributed by atoms with Crippen LogP contribution in [0.25, 0.3) is 0 Å². The summed E-state index contributed by atoms with van der Waals surface area (Å²) in [6, 6.07) is 10.2. The normalized spacial score (nSPS) is 12.1. The first-order valence-electron chi connectivity index (χ1n) is 7.48. The van der Waals surface area contributed by atoms with Crippen LogP contribution in [0.4, 0.5) is 9.93 Å². The van der Waals surface area contributed by atoms with Crippen molar-refractivity contribution in [1.82, 2.24) is 15.2 Å². The predicted octanol–water partition coefficient (Wildman–Crippen LogP) is 3.35. The molecule has 2 aromatic rings. The van der Waals surface area contributed by atoms with Crippen LogP contribution >= 0.6 is 11.3 Å². The van der Waals surface area contributed by atoms with Crippen LogP contribution in [0, 0.1) is 0 Å². The van der Waals surface area contributed by atoms with Crippen LogP contribution in [0.1, 0.15) is 25.5 Å². The highest BCUT2D eigenvalue weighted by Crippen LogP contribution is 2.19. The van der Waals surface area contributed by atoms with Gasteiger partial charge in [0.2, 0.25) is 0 Å². The summed E-state index contributed by atoms with van der Waals surface area (Å²) in [7, 11) is 0. The molecule has 1 atom stereocenters. The molecule has 0 radical (unpaired) electrons. The molecule has 2 N–H and O–H groups in total. The Kier molecular flexibility index (Phi) is 6.36. The van der Waals surface area contributed by atoms with Crippen molar-refractivity contribution < 1.29 is 4.79 Å². The van der Waals surface area contributed by atoms with Gasteiger partial charge in [-0.05, 0) is 18.7 Å². The van der Waals surface area contributed by atoms with Gasteiger partial charge in [0.1, 0.15) is 0 Å². The van der Waals surface area contributed by atoms with Crippen LogP contribution in [0.15, 0.2) is 41.9 Å². The minimum absolute atomic E-state index is 0.165. The highest BCUT2D eigenvalue weighted by atomic mass is 32.1. The number of aromatic nitrogens is 1. The smallest absolute Gasteiger partial charge is 0.321 e. The molecule has 0 saturated carbocycles. The number of hydrogen-bond acceptors (Lipinski definition) is 4. The molecule has 0 bridgehead atoms. The van der Waals surface area contributed by atoms with Crippen LogP contribution in [-0.4, -0.2) is 35.5 Å². The zero-order valence-electron chi connectivity index (χ0n) is 13.0. The number of amides is 2. The molecule has 1 aromatic heterocycles. The first-order valence-corrected chi connectivity index (χ1v) is 8.35. The van der Waals surface area contributed by atoms with E-state index in [2.05, 4.69) is 46.5 Å². The average Bonchev–Trinajstić information content (AvgIpc) is 3.05. The number of likely N-dealkylation sites (N-methyl/N-ethyl adjacent to an activating group) is 1. The highest BCUT2D eigenvalue weighted by molar-refractivity contribution is 7.13. The zero-order valence-corrected chi connectivity index (χ0v) is 13.8. The number of anilines is 1. The summed E-state index contributed by atoms with van der Waals surface area (Å²) < 4.78 is 0. The lowest BCUT2D eigenvalue weighted by molar-refractivity contribution is 0.210. The molecule has 1 unspecified atom stereocenters. The molecule has 6 heteroatoms. The summed E-state index contributed by atoms with van der Waals surface area (Å²) in [6.45, 7) is 6.70. The number of nitrogens with one attached hydrogen (secondary N) is 2. The maximum atomic E-state index is 12.0. The Morgan fingerprint density at radius 1 is 1.27 bits per heavy atom. The van der Waals surface area contributed by atoms with Crippen molar-refractivity contribution in [2.75, 3.05) is 25.0 Å². The van der Waals surface area contributed by atoms with Crippen molar-refractivity contribution in [2.45, 2.75) is 19.9 Å². The van der Waals surface area contributed by atoms with Gasteiger partial charge in [-0.25, -0.2) is 9.78 Å². The molecule has 0 spiro atoms. The summed E-state index contributed by atoms with van der Waals surface area (Å²) in [5.74, 6) is 0. The van der Waals surface area contributed by atoms with Gasteiger partial charge in [-0.3, -0.25) is 10.2 Å². The lowest BCUT2D eigenvalue weighted by atomic mass is 10.1. The summed E-state index contributed by atoms with van der Waals surface area (Å²) in [4.78, 5) is 18.3. The number of carbonyl (C=O) groups excluding carboxylic acids is 1. The second-order valence-corrected chi connectivity index (χ2v) is 5.71. The Balaban J connectivity index is 1.99. The standard InChI is InChI=1S/C16H22N4OS/c1-3-20(4-2)14(13-8-6-5-7-9-13)12-18-15(21)19-16-17-10-11-22-16/h5-11,14H,3-4,12H2,1-2H3,(H2,17,18,19,21). The Bertz CT molecular complexity index is 555. The van der Waals surface area contributed by atoms with Crippen LogP contribution in [-0.2, 0) is 0 Å². The van der Waals surface area contributed by atoms with Crippen molar-refractivity contribution in [2.24, 2.45) is 0 Å². The first-order chi connectivity index (χ1) is 10.7. The largest absolute Gasteiger partial charge is 0.336 e. The highest BCUT2D eigenvalue weighted by Gasteiger charge is 2.18. The van der Waals surface area contributed by atoms with E-state index in [-0.39, 0.29) is 12.1 Å². The number of benzene rings is 1. The van der Waals surface area contributed by atoms with Crippen molar-refractivity contribution in [3.8, 4) is 0 Å². The van der Waals surface area contributed by atoms with Gasteiger partial charge in [-0.15, -0.1) is 11.3 Å². The topological polar surface area (TPSA) is 57.3 Å². The SMILES string of the molecule is CCN(CC)C(CNC(=O)Nc1nccs1)c1ccccc1. The summed E-state index contributed by atoms with van der Waals surface area (Å²) in [6.07, 6.45) is 1.67. The first kappa shape index (κ1) is 16.5. The molecule has 0 aliphatic heterocycles. The maximum absolute atomic E-state index is 12.0. The van der Waals surface area contributed by atoms with Gasteiger partial charge in [0, 0.05) is 18.1 Å². The van der Waals surface area contributed by atoms with Gasteiger partial charge in [-0.1, -0.05) is 44.2 Å². The van der Waals surface area contributed by atoms with Crippen LogP contribution in [0.5, 0.6) is 0 Å². The van der Waals surface area contributed by atoms with Gasteiger partial charge in [-0.2, -0.15) is 0 Å². The van der Waals surface area contributed by atoms with Crippen molar-refractivity contribution >= 4 is 22.5 Å². The third-order valence-corrected chi connectivity index (χ3v) is 4.23. The van der Waals surface area contributed by atoms with E-state index in [0.29, 0.717) is 11.7 Å². The van der Waals surface area contributed by atoms with Crippen LogP contribution in [0.3, 0.4) is 0 Å². The van der Waals surface area contributed by atoms with Crippen molar-refractivity contribution in [1.29, 1.82) is 0 Å². The molecule has 118 valence electrons. The lowest BCUT2D eigenvalue weighted by Gasteiger charge is -2.30. The number of thiazole rings is 1. The fourth-order valence-electron chi connectivity index (χ4n) is 2.41. The summed E-state index contributed by atoms with van der Waals surface area (Å²) in [5, 5.41) is 8.13. The lowest BCUT2D eigenvalue weighted by Crippen LogP contribution is -2.39. The van der Waals surface area contributed by atoms with Gasteiger partial charge in [0.15, 0.2) is 5.13 Å². The van der Waals surface area contributed by atoms with E-state index < -0.39 is 0 Å². The van der Waals surface area contributed by atoms with E-state index in [1.54, 1.807) is 6.20 Å². The van der Waals surface area contributed by atoms with Crippen molar-refractivity contribution in [3.05, 3.63) is 47.5 Å².